The van der Waals surface area contributed by atoms with Crippen LogP contribution in [0.15, 0.2) is 29.0 Å². The molecule has 0 aromatic carbocycles. The molecule has 0 unspecified atom stereocenters. The molecule has 0 fully saturated rings. The summed E-state index contributed by atoms with van der Waals surface area (Å²) in [5.74, 6) is 0.692. The smallest absolute Gasteiger partial charge is 0.410 e. The van der Waals surface area contributed by atoms with Crippen LogP contribution in [0.5, 0.6) is 0 Å². The minimum atomic E-state index is -0.476. The molecular weight excluding hydrogens is 282 g/mol. The largest absolute Gasteiger partial charge is 0.461 e. The van der Waals surface area contributed by atoms with Gasteiger partial charge in [-0.15, -0.1) is 0 Å². The van der Waals surface area contributed by atoms with Gasteiger partial charge in [0.05, 0.1) is 12.5 Å². The Morgan fingerprint density at radius 1 is 1.41 bits per heavy atom. The third kappa shape index (κ3) is 3.10. The van der Waals surface area contributed by atoms with E-state index in [2.05, 4.69) is 9.97 Å². The Bertz CT molecular complexity index is 728. The van der Waals surface area contributed by atoms with Crippen molar-refractivity contribution in [2.45, 2.75) is 32.8 Å². The molecule has 22 heavy (non-hydrogen) atoms. The maximum Gasteiger partial charge on any atom is 0.410 e. The van der Waals surface area contributed by atoms with E-state index >= 15 is 0 Å². The summed E-state index contributed by atoms with van der Waals surface area (Å²) >= 11 is 0. The van der Waals surface area contributed by atoms with Crippen molar-refractivity contribution in [2.75, 3.05) is 13.1 Å². The Morgan fingerprint density at radius 3 is 2.91 bits per heavy atom. The average molecular weight is 301 g/mol. The molecule has 1 aliphatic heterocycles. The number of ether oxygens (including phenoxy) is 1. The zero-order valence-corrected chi connectivity index (χ0v) is 13.0. The molecule has 0 bridgehead atoms. The van der Waals surface area contributed by atoms with Gasteiger partial charge in [0.25, 0.3) is 0 Å². The Hall–Kier alpha value is -2.37. The highest BCUT2D eigenvalue weighted by atomic mass is 16.6. The summed E-state index contributed by atoms with van der Waals surface area (Å²) in [5, 5.41) is 0. The summed E-state index contributed by atoms with van der Waals surface area (Å²) < 4.78 is 10.6. The van der Waals surface area contributed by atoms with Gasteiger partial charge >= 0.3 is 6.09 Å². The van der Waals surface area contributed by atoms with Gasteiger partial charge in [0.2, 0.25) is 0 Å². The lowest BCUT2D eigenvalue weighted by Crippen LogP contribution is -2.39. The minimum absolute atomic E-state index is 0.283. The maximum absolute atomic E-state index is 12.0. The fourth-order valence-corrected chi connectivity index (χ4v) is 2.29. The van der Waals surface area contributed by atoms with Crippen LogP contribution in [0.4, 0.5) is 4.79 Å². The molecule has 1 aliphatic rings. The van der Waals surface area contributed by atoms with Crippen LogP contribution in [0.2, 0.25) is 0 Å². The van der Waals surface area contributed by atoms with Crippen molar-refractivity contribution in [1.82, 2.24) is 14.9 Å². The molecule has 2 aromatic rings. The minimum Gasteiger partial charge on any atom is -0.461 e. The fraction of sp³-hybridized carbons (Fsp3) is 0.438. The molecule has 116 valence electrons. The Kier molecular flexibility index (Phi) is 3.60. The third-order valence-corrected chi connectivity index (χ3v) is 3.35. The lowest BCUT2D eigenvalue weighted by Gasteiger charge is -2.29. The number of rotatable bonds is 1. The van der Waals surface area contributed by atoms with Gasteiger partial charge in [-0.3, -0.25) is 0 Å². The van der Waals surface area contributed by atoms with Crippen molar-refractivity contribution < 1.29 is 13.9 Å². The van der Waals surface area contributed by atoms with E-state index < -0.39 is 5.60 Å². The van der Waals surface area contributed by atoms with Crippen LogP contribution in [-0.2, 0) is 4.74 Å². The van der Waals surface area contributed by atoms with Gasteiger partial charge in [-0.05, 0) is 32.8 Å². The topological polar surface area (TPSA) is 68.5 Å². The molecule has 2 aromatic heterocycles. The third-order valence-electron chi connectivity index (χ3n) is 3.35. The zero-order valence-electron chi connectivity index (χ0n) is 13.0. The number of nitrogens with zero attached hydrogens (tertiary/aromatic N) is 3. The van der Waals surface area contributed by atoms with Crippen LogP contribution in [0.3, 0.4) is 0 Å². The molecule has 0 N–H and O–H groups in total. The fourth-order valence-electron chi connectivity index (χ4n) is 2.29. The highest BCUT2D eigenvalue weighted by Gasteiger charge is 2.24. The van der Waals surface area contributed by atoms with E-state index in [1.54, 1.807) is 17.4 Å². The van der Waals surface area contributed by atoms with Crippen molar-refractivity contribution in [2.24, 2.45) is 0 Å². The number of amides is 1. The zero-order chi connectivity index (χ0) is 15.7. The van der Waals surface area contributed by atoms with Gasteiger partial charge in [-0.25, -0.2) is 14.8 Å². The van der Waals surface area contributed by atoms with Crippen molar-refractivity contribution in [3.63, 3.8) is 0 Å². The second-order valence-corrected chi connectivity index (χ2v) is 6.27. The summed E-state index contributed by atoms with van der Waals surface area (Å²) in [5.41, 5.74) is 2.04. The molecule has 3 heterocycles. The van der Waals surface area contributed by atoms with Crippen LogP contribution in [0, 0.1) is 0 Å². The van der Waals surface area contributed by atoms with Crippen LogP contribution in [0.25, 0.3) is 16.7 Å². The number of aromatic nitrogens is 2. The van der Waals surface area contributed by atoms with Crippen molar-refractivity contribution in [3.8, 4) is 0 Å². The second-order valence-electron chi connectivity index (χ2n) is 6.27. The van der Waals surface area contributed by atoms with Gasteiger partial charge in [-0.1, -0.05) is 6.08 Å². The Labute approximate surface area is 128 Å². The molecule has 0 atom stereocenters. The molecule has 0 radical (unpaired) electrons. The second kappa shape index (κ2) is 5.44. The molecule has 6 nitrogen and oxygen atoms in total. The van der Waals surface area contributed by atoms with Gasteiger partial charge in [0.15, 0.2) is 11.4 Å². The molecule has 1 amide bonds. The molecule has 0 saturated heterocycles. The summed E-state index contributed by atoms with van der Waals surface area (Å²) in [7, 11) is 0. The van der Waals surface area contributed by atoms with Crippen molar-refractivity contribution in [3.05, 3.63) is 30.4 Å². The first-order valence-corrected chi connectivity index (χ1v) is 7.30. The predicted molar refractivity (Wildman–Crippen MR) is 82.2 cm³/mol. The van der Waals surface area contributed by atoms with E-state index in [1.807, 2.05) is 32.9 Å². The summed E-state index contributed by atoms with van der Waals surface area (Å²) in [6, 6.07) is 1.82. The number of carbonyl (C=O) groups is 1. The Morgan fingerprint density at radius 2 is 2.23 bits per heavy atom. The summed E-state index contributed by atoms with van der Waals surface area (Å²) in [6.45, 7) is 6.71. The molecule has 6 heteroatoms. The van der Waals surface area contributed by atoms with E-state index in [-0.39, 0.29) is 6.09 Å². The van der Waals surface area contributed by atoms with E-state index in [0.29, 0.717) is 30.9 Å². The number of hydrogen-bond donors (Lipinski definition) is 0. The standard InChI is InChI=1S/C16H19N3O3/c1-16(2,3)22-15(20)19-7-4-11(5-8-19)14-17-10-13-12(18-14)6-9-21-13/h4,6,9-10H,5,7-8H2,1-3H3. The van der Waals surface area contributed by atoms with Crippen LogP contribution in [-0.4, -0.2) is 39.7 Å². The first kappa shape index (κ1) is 14.6. The maximum atomic E-state index is 12.0. The van der Waals surface area contributed by atoms with Gasteiger partial charge in [-0.2, -0.15) is 0 Å². The normalized spacial score (nSPS) is 15.8. The quantitative estimate of drug-likeness (QED) is 0.808. The Balaban J connectivity index is 1.72. The monoisotopic (exact) mass is 301 g/mol. The van der Waals surface area contributed by atoms with Crippen LogP contribution < -0.4 is 0 Å². The number of hydrogen-bond acceptors (Lipinski definition) is 5. The molecule has 0 aliphatic carbocycles. The molecule has 0 spiro atoms. The highest BCUT2D eigenvalue weighted by molar-refractivity contribution is 5.75. The van der Waals surface area contributed by atoms with E-state index in [9.17, 15) is 4.79 Å². The summed E-state index contributed by atoms with van der Waals surface area (Å²) in [4.78, 5) is 22.5. The van der Waals surface area contributed by atoms with Crippen molar-refractivity contribution in [1.29, 1.82) is 0 Å². The van der Waals surface area contributed by atoms with Crippen molar-refractivity contribution >= 4 is 22.8 Å². The van der Waals surface area contributed by atoms with Gasteiger partial charge in [0.1, 0.15) is 11.1 Å². The number of carbonyl (C=O) groups excluding carboxylic acids is 1. The van der Waals surface area contributed by atoms with E-state index in [4.69, 9.17) is 9.15 Å². The van der Waals surface area contributed by atoms with E-state index in [1.165, 1.54) is 0 Å². The first-order chi connectivity index (χ1) is 10.4. The predicted octanol–water partition coefficient (Wildman–Crippen LogP) is 3.25. The van der Waals surface area contributed by atoms with E-state index in [0.717, 1.165) is 11.1 Å². The van der Waals surface area contributed by atoms with Crippen LogP contribution in [0.1, 0.15) is 33.0 Å². The lowest BCUT2D eigenvalue weighted by atomic mass is 10.1. The molecule has 3 rings (SSSR count). The number of fused-ring (bicyclic) bond motifs is 1. The lowest BCUT2D eigenvalue weighted by molar-refractivity contribution is 0.0270. The van der Waals surface area contributed by atoms with Gasteiger partial charge < -0.3 is 14.1 Å². The highest BCUT2D eigenvalue weighted by Crippen LogP contribution is 2.22. The SMILES string of the molecule is CC(C)(C)OC(=O)N1CC=C(c2ncc3occc3n2)CC1. The molecule has 0 saturated carbocycles. The first-order valence-electron chi connectivity index (χ1n) is 7.30. The average Bonchev–Trinajstić information content (AvgIpc) is 2.93. The van der Waals surface area contributed by atoms with Gasteiger partial charge in [0, 0.05) is 19.2 Å². The summed E-state index contributed by atoms with van der Waals surface area (Å²) in [6.07, 6.45) is 5.69. The number of furan rings is 1. The van der Waals surface area contributed by atoms with Crippen LogP contribution >= 0.6 is 0 Å². The molecular formula is C16H19N3O3.